The molecule has 0 aliphatic heterocycles. The van der Waals surface area contributed by atoms with Gasteiger partial charge in [0.05, 0.1) is 0 Å². The maximum Gasteiger partial charge on any atom is 0.126 e. The van der Waals surface area contributed by atoms with Crippen LogP contribution in [0.3, 0.4) is 0 Å². The standard InChI is InChI=1S/C18H16N2S/c19-17-16(15-9-5-4-8-14(15)12-10-11-12)20-18(21-17)13-6-2-1-3-7-13/h1-9,12H,10-11,19H2. The van der Waals surface area contributed by atoms with Crippen molar-refractivity contribution in [2.45, 2.75) is 18.8 Å². The molecule has 104 valence electrons. The summed E-state index contributed by atoms with van der Waals surface area (Å²) in [4.78, 5) is 4.81. The molecule has 1 aliphatic carbocycles. The van der Waals surface area contributed by atoms with E-state index in [1.54, 1.807) is 11.3 Å². The number of aromatic nitrogens is 1. The van der Waals surface area contributed by atoms with Gasteiger partial charge in [0, 0.05) is 11.1 Å². The van der Waals surface area contributed by atoms with Gasteiger partial charge in [-0.3, -0.25) is 0 Å². The molecular weight excluding hydrogens is 276 g/mol. The van der Waals surface area contributed by atoms with Gasteiger partial charge in [-0.15, -0.1) is 0 Å². The third kappa shape index (κ3) is 2.34. The Labute approximate surface area is 128 Å². The van der Waals surface area contributed by atoms with Crippen molar-refractivity contribution < 1.29 is 0 Å². The molecule has 2 N–H and O–H groups in total. The molecule has 0 saturated heterocycles. The Balaban J connectivity index is 1.82. The van der Waals surface area contributed by atoms with Crippen LogP contribution in [0.25, 0.3) is 21.8 Å². The summed E-state index contributed by atoms with van der Waals surface area (Å²) in [7, 11) is 0. The average Bonchev–Trinajstić information content (AvgIpc) is 3.31. The fourth-order valence-electron chi connectivity index (χ4n) is 2.69. The van der Waals surface area contributed by atoms with Crippen molar-refractivity contribution in [1.29, 1.82) is 0 Å². The zero-order chi connectivity index (χ0) is 14.2. The largest absolute Gasteiger partial charge is 0.389 e. The Kier molecular flexibility index (Phi) is 3.00. The maximum atomic E-state index is 6.26. The summed E-state index contributed by atoms with van der Waals surface area (Å²) in [6.45, 7) is 0. The average molecular weight is 292 g/mol. The van der Waals surface area contributed by atoms with Gasteiger partial charge in [0.2, 0.25) is 0 Å². The van der Waals surface area contributed by atoms with Crippen molar-refractivity contribution in [2.24, 2.45) is 0 Å². The lowest BCUT2D eigenvalue weighted by Gasteiger charge is -2.06. The van der Waals surface area contributed by atoms with E-state index in [-0.39, 0.29) is 0 Å². The second-order valence-corrected chi connectivity index (χ2v) is 6.49. The molecule has 1 aromatic heterocycles. The van der Waals surface area contributed by atoms with E-state index in [0.29, 0.717) is 5.92 Å². The van der Waals surface area contributed by atoms with Gasteiger partial charge in [0.25, 0.3) is 0 Å². The van der Waals surface area contributed by atoms with Gasteiger partial charge in [-0.2, -0.15) is 0 Å². The van der Waals surface area contributed by atoms with Crippen LogP contribution in [0, 0.1) is 0 Å². The highest BCUT2D eigenvalue weighted by atomic mass is 32.1. The lowest BCUT2D eigenvalue weighted by atomic mass is 10.0. The van der Waals surface area contributed by atoms with Gasteiger partial charge in [-0.25, -0.2) is 4.98 Å². The van der Waals surface area contributed by atoms with E-state index in [1.807, 2.05) is 18.2 Å². The molecule has 0 atom stereocenters. The first-order chi connectivity index (χ1) is 10.3. The van der Waals surface area contributed by atoms with E-state index in [0.717, 1.165) is 21.3 Å². The Bertz CT molecular complexity index is 773. The Morgan fingerprint density at radius 2 is 1.67 bits per heavy atom. The summed E-state index contributed by atoms with van der Waals surface area (Å²) in [6, 6.07) is 18.8. The smallest absolute Gasteiger partial charge is 0.126 e. The van der Waals surface area contributed by atoms with Crippen LogP contribution in [0.1, 0.15) is 24.3 Å². The summed E-state index contributed by atoms with van der Waals surface area (Å²) in [5.41, 5.74) is 10.9. The van der Waals surface area contributed by atoms with E-state index in [1.165, 1.54) is 24.0 Å². The second-order valence-electron chi connectivity index (χ2n) is 5.46. The number of rotatable bonds is 3. The van der Waals surface area contributed by atoms with Crippen molar-refractivity contribution in [3.63, 3.8) is 0 Å². The van der Waals surface area contributed by atoms with Crippen molar-refractivity contribution >= 4 is 16.3 Å². The van der Waals surface area contributed by atoms with Crippen LogP contribution >= 0.6 is 11.3 Å². The molecule has 0 radical (unpaired) electrons. The molecule has 1 aliphatic rings. The predicted molar refractivity (Wildman–Crippen MR) is 89.4 cm³/mol. The van der Waals surface area contributed by atoms with E-state index < -0.39 is 0 Å². The first-order valence-electron chi connectivity index (χ1n) is 7.24. The highest BCUT2D eigenvalue weighted by molar-refractivity contribution is 7.19. The van der Waals surface area contributed by atoms with Crippen LogP contribution in [0.15, 0.2) is 54.6 Å². The first-order valence-corrected chi connectivity index (χ1v) is 8.05. The fourth-order valence-corrected chi connectivity index (χ4v) is 3.54. The van der Waals surface area contributed by atoms with Crippen LogP contribution in [0.5, 0.6) is 0 Å². The molecular formula is C18H16N2S. The van der Waals surface area contributed by atoms with E-state index in [4.69, 9.17) is 10.7 Å². The molecule has 2 aromatic carbocycles. The number of benzene rings is 2. The van der Waals surface area contributed by atoms with Gasteiger partial charge in [0.1, 0.15) is 15.7 Å². The number of hydrogen-bond acceptors (Lipinski definition) is 3. The molecule has 0 spiro atoms. The normalized spacial score (nSPS) is 14.3. The van der Waals surface area contributed by atoms with Crippen molar-refractivity contribution in [1.82, 2.24) is 4.98 Å². The number of nitrogens with zero attached hydrogens (tertiary/aromatic N) is 1. The first kappa shape index (κ1) is 12.6. The van der Waals surface area contributed by atoms with Gasteiger partial charge < -0.3 is 5.73 Å². The maximum absolute atomic E-state index is 6.26. The lowest BCUT2D eigenvalue weighted by Crippen LogP contribution is -1.91. The quantitative estimate of drug-likeness (QED) is 0.743. The number of thiazole rings is 1. The monoisotopic (exact) mass is 292 g/mol. The molecule has 3 aromatic rings. The van der Waals surface area contributed by atoms with Gasteiger partial charge in [0.15, 0.2) is 0 Å². The molecule has 1 heterocycles. The molecule has 0 unspecified atom stereocenters. The van der Waals surface area contributed by atoms with Crippen LogP contribution in [0.4, 0.5) is 5.00 Å². The molecule has 21 heavy (non-hydrogen) atoms. The fraction of sp³-hybridized carbons (Fsp3) is 0.167. The van der Waals surface area contributed by atoms with Crippen molar-refractivity contribution in [3.05, 3.63) is 60.2 Å². The molecule has 4 rings (SSSR count). The van der Waals surface area contributed by atoms with Gasteiger partial charge in [-0.1, -0.05) is 65.9 Å². The molecule has 1 fully saturated rings. The molecule has 0 bridgehead atoms. The van der Waals surface area contributed by atoms with Crippen LogP contribution in [-0.2, 0) is 0 Å². The SMILES string of the molecule is Nc1sc(-c2ccccc2)nc1-c1ccccc1C1CC1. The Morgan fingerprint density at radius 3 is 2.43 bits per heavy atom. The summed E-state index contributed by atoms with van der Waals surface area (Å²) in [5.74, 6) is 0.697. The summed E-state index contributed by atoms with van der Waals surface area (Å²) in [6.07, 6.45) is 2.57. The zero-order valence-corrected chi connectivity index (χ0v) is 12.4. The summed E-state index contributed by atoms with van der Waals surface area (Å²) < 4.78 is 0. The minimum Gasteiger partial charge on any atom is -0.389 e. The van der Waals surface area contributed by atoms with Crippen molar-refractivity contribution in [2.75, 3.05) is 5.73 Å². The zero-order valence-electron chi connectivity index (χ0n) is 11.6. The third-order valence-corrected chi connectivity index (χ3v) is 4.84. The summed E-state index contributed by atoms with van der Waals surface area (Å²) in [5, 5.41) is 1.80. The highest BCUT2D eigenvalue weighted by Crippen LogP contribution is 2.46. The molecule has 0 amide bonds. The second kappa shape index (κ2) is 5.01. The number of nitrogens with two attached hydrogens (primary N) is 1. The molecule has 2 nitrogen and oxygen atoms in total. The number of hydrogen-bond donors (Lipinski definition) is 1. The Hall–Kier alpha value is -2.13. The molecule has 3 heteroatoms. The number of nitrogen functional groups attached to an aromatic ring is 1. The van der Waals surface area contributed by atoms with E-state index in [9.17, 15) is 0 Å². The van der Waals surface area contributed by atoms with Gasteiger partial charge >= 0.3 is 0 Å². The topological polar surface area (TPSA) is 38.9 Å². The Morgan fingerprint density at radius 1 is 0.952 bits per heavy atom. The minimum atomic E-state index is 0.697. The lowest BCUT2D eigenvalue weighted by molar-refractivity contribution is 1.13. The molecule has 1 saturated carbocycles. The predicted octanol–water partition coefficient (Wildman–Crippen LogP) is 4.94. The van der Waals surface area contributed by atoms with Gasteiger partial charge in [-0.05, 0) is 24.3 Å². The van der Waals surface area contributed by atoms with E-state index in [2.05, 4.69) is 36.4 Å². The van der Waals surface area contributed by atoms with Crippen LogP contribution in [0.2, 0.25) is 0 Å². The minimum absolute atomic E-state index is 0.697. The van der Waals surface area contributed by atoms with Crippen LogP contribution < -0.4 is 5.73 Å². The van der Waals surface area contributed by atoms with E-state index >= 15 is 0 Å². The highest BCUT2D eigenvalue weighted by Gasteiger charge is 2.27. The number of anilines is 1. The van der Waals surface area contributed by atoms with Crippen molar-refractivity contribution in [3.8, 4) is 21.8 Å². The third-order valence-electron chi connectivity index (χ3n) is 3.91. The summed E-state index contributed by atoms with van der Waals surface area (Å²) >= 11 is 1.57. The van der Waals surface area contributed by atoms with Crippen LogP contribution in [-0.4, -0.2) is 4.98 Å².